The first-order valence-electron chi connectivity index (χ1n) is 6.26. The Labute approximate surface area is 97.1 Å². The summed E-state index contributed by atoms with van der Waals surface area (Å²) >= 11 is 0. The molecule has 1 heterocycles. The number of fused-ring (bicyclic) bond motifs is 1. The van der Waals surface area contributed by atoms with Crippen molar-refractivity contribution in [1.29, 1.82) is 0 Å². The molecule has 2 rings (SSSR count). The minimum absolute atomic E-state index is 0.105. The number of anilines is 1. The van der Waals surface area contributed by atoms with Gasteiger partial charge in [-0.05, 0) is 24.5 Å². The molecule has 1 aromatic rings. The summed E-state index contributed by atoms with van der Waals surface area (Å²) in [5, 5.41) is 3.25. The van der Waals surface area contributed by atoms with Gasteiger partial charge in [-0.15, -0.1) is 0 Å². The predicted molar refractivity (Wildman–Crippen MR) is 66.4 cm³/mol. The Hall–Kier alpha value is -1.05. The largest absolute Gasteiger partial charge is 0.382 e. The fraction of sp³-hybridized carbons (Fsp3) is 0.571. The van der Waals surface area contributed by atoms with E-state index >= 15 is 0 Å². The summed E-state index contributed by atoms with van der Waals surface area (Å²) in [7, 11) is 0. The lowest BCUT2D eigenvalue weighted by molar-refractivity contribution is 0.391. The maximum atomic E-state index is 13.7. The second-order valence-electron chi connectivity index (χ2n) is 4.80. The average molecular weight is 221 g/mol. The van der Waals surface area contributed by atoms with Crippen LogP contribution in [0.5, 0.6) is 0 Å². The summed E-state index contributed by atoms with van der Waals surface area (Å²) in [5.41, 5.74) is 2.10. The van der Waals surface area contributed by atoms with Crippen molar-refractivity contribution in [3.63, 3.8) is 0 Å². The van der Waals surface area contributed by atoms with Gasteiger partial charge in [-0.3, -0.25) is 0 Å². The van der Waals surface area contributed by atoms with E-state index in [2.05, 4.69) is 25.2 Å². The first-order valence-corrected chi connectivity index (χ1v) is 6.26. The standard InChI is InChI=1S/C14H20FN/c1-3-8-14(9-4-2)10-16-13-11(14)6-5-7-12(13)15/h5-7,16H,3-4,8-10H2,1-2H3. The lowest BCUT2D eigenvalue weighted by Crippen LogP contribution is -2.28. The van der Waals surface area contributed by atoms with E-state index in [4.69, 9.17) is 0 Å². The number of nitrogens with one attached hydrogen (secondary N) is 1. The highest BCUT2D eigenvalue weighted by Crippen LogP contribution is 2.44. The van der Waals surface area contributed by atoms with Crippen LogP contribution in [0.2, 0.25) is 0 Å². The zero-order chi connectivity index (χ0) is 11.6. The monoisotopic (exact) mass is 221 g/mol. The third kappa shape index (κ3) is 1.70. The summed E-state index contributed by atoms with van der Waals surface area (Å²) in [6.45, 7) is 5.30. The van der Waals surface area contributed by atoms with E-state index < -0.39 is 0 Å². The van der Waals surface area contributed by atoms with Crippen molar-refractivity contribution in [3.8, 4) is 0 Å². The van der Waals surface area contributed by atoms with Crippen LogP contribution in [0.15, 0.2) is 18.2 Å². The molecule has 0 unspecified atom stereocenters. The number of benzene rings is 1. The van der Waals surface area contributed by atoms with Gasteiger partial charge >= 0.3 is 0 Å². The fourth-order valence-electron chi connectivity index (χ4n) is 3.03. The molecule has 0 saturated heterocycles. The molecule has 0 atom stereocenters. The lowest BCUT2D eigenvalue weighted by atomic mass is 9.75. The second kappa shape index (κ2) is 4.44. The minimum Gasteiger partial charge on any atom is -0.382 e. The third-order valence-electron chi connectivity index (χ3n) is 3.65. The van der Waals surface area contributed by atoms with E-state index in [-0.39, 0.29) is 11.2 Å². The van der Waals surface area contributed by atoms with E-state index in [9.17, 15) is 4.39 Å². The molecule has 0 aromatic heterocycles. The van der Waals surface area contributed by atoms with Gasteiger partial charge < -0.3 is 5.32 Å². The van der Waals surface area contributed by atoms with Crippen LogP contribution in [0.25, 0.3) is 0 Å². The molecular formula is C14H20FN. The molecular weight excluding hydrogens is 201 g/mol. The van der Waals surface area contributed by atoms with Crippen molar-refractivity contribution in [1.82, 2.24) is 0 Å². The highest BCUT2D eigenvalue weighted by atomic mass is 19.1. The summed E-state index contributed by atoms with van der Waals surface area (Å²) in [6.07, 6.45) is 4.59. The smallest absolute Gasteiger partial charge is 0.146 e. The van der Waals surface area contributed by atoms with Gasteiger partial charge in [-0.25, -0.2) is 4.39 Å². The van der Waals surface area contributed by atoms with E-state index in [0.29, 0.717) is 0 Å². The van der Waals surface area contributed by atoms with Gasteiger partial charge in [0.25, 0.3) is 0 Å². The highest BCUT2D eigenvalue weighted by molar-refractivity contribution is 5.61. The SMILES string of the molecule is CCCC1(CCC)CNc2c(F)cccc21. The maximum absolute atomic E-state index is 13.7. The van der Waals surface area contributed by atoms with Crippen LogP contribution >= 0.6 is 0 Å². The quantitative estimate of drug-likeness (QED) is 0.807. The van der Waals surface area contributed by atoms with Crippen LogP contribution in [0, 0.1) is 5.82 Å². The second-order valence-corrected chi connectivity index (χ2v) is 4.80. The van der Waals surface area contributed by atoms with Crippen molar-refractivity contribution < 1.29 is 4.39 Å². The van der Waals surface area contributed by atoms with Gasteiger partial charge in [-0.2, -0.15) is 0 Å². The van der Waals surface area contributed by atoms with E-state index in [1.807, 2.05) is 6.07 Å². The van der Waals surface area contributed by atoms with E-state index in [0.717, 1.165) is 37.9 Å². The number of para-hydroxylation sites is 1. The summed E-state index contributed by atoms with van der Waals surface area (Å²) < 4.78 is 13.7. The molecule has 1 N–H and O–H groups in total. The van der Waals surface area contributed by atoms with Gasteiger partial charge in [0, 0.05) is 12.0 Å². The van der Waals surface area contributed by atoms with Crippen LogP contribution in [0.4, 0.5) is 10.1 Å². The zero-order valence-electron chi connectivity index (χ0n) is 10.1. The molecule has 0 saturated carbocycles. The van der Waals surface area contributed by atoms with E-state index in [1.165, 1.54) is 5.56 Å². The third-order valence-corrected chi connectivity index (χ3v) is 3.65. The first-order chi connectivity index (χ1) is 7.73. The molecule has 88 valence electrons. The molecule has 1 nitrogen and oxygen atoms in total. The van der Waals surface area contributed by atoms with Gasteiger partial charge in [-0.1, -0.05) is 38.8 Å². The molecule has 1 aliphatic rings. The van der Waals surface area contributed by atoms with Crippen LogP contribution in [0.1, 0.15) is 45.1 Å². The zero-order valence-corrected chi connectivity index (χ0v) is 10.1. The summed E-state index contributed by atoms with van der Waals surface area (Å²) in [6, 6.07) is 5.46. The number of hydrogen-bond donors (Lipinski definition) is 1. The summed E-state index contributed by atoms with van der Waals surface area (Å²) in [5.74, 6) is -0.105. The molecule has 2 heteroatoms. The van der Waals surface area contributed by atoms with Gasteiger partial charge in [0.15, 0.2) is 0 Å². The van der Waals surface area contributed by atoms with Gasteiger partial charge in [0.05, 0.1) is 5.69 Å². The number of hydrogen-bond acceptors (Lipinski definition) is 1. The molecule has 0 spiro atoms. The Morgan fingerprint density at radius 1 is 1.25 bits per heavy atom. The van der Waals surface area contributed by atoms with Crippen molar-refractivity contribution in [2.45, 2.75) is 44.9 Å². The predicted octanol–water partition coefficient (Wildman–Crippen LogP) is 4.09. The Morgan fingerprint density at radius 3 is 2.56 bits per heavy atom. The maximum Gasteiger partial charge on any atom is 0.146 e. The minimum atomic E-state index is -0.105. The Balaban J connectivity index is 2.42. The number of rotatable bonds is 4. The lowest BCUT2D eigenvalue weighted by Gasteiger charge is -2.28. The average Bonchev–Trinajstić information content (AvgIpc) is 2.61. The molecule has 0 bridgehead atoms. The van der Waals surface area contributed by atoms with Crippen LogP contribution in [-0.2, 0) is 5.41 Å². The molecule has 1 aromatic carbocycles. The molecule has 1 aliphatic heterocycles. The van der Waals surface area contributed by atoms with Crippen LogP contribution in [-0.4, -0.2) is 6.54 Å². The molecule has 0 radical (unpaired) electrons. The van der Waals surface area contributed by atoms with E-state index in [1.54, 1.807) is 6.07 Å². The topological polar surface area (TPSA) is 12.0 Å². The first kappa shape index (κ1) is 11.4. The van der Waals surface area contributed by atoms with Crippen molar-refractivity contribution in [3.05, 3.63) is 29.6 Å². The molecule has 0 aliphatic carbocycles. The van der Waals surface area contributed by atoms with Crippen LogP contribution in [0.3, 0.4) is 0 Å². The Bertz CT molecular complexity index is 367. The summed E-state index contributed by atoms with van der Waals surface area (Å²) in [4.78, 5) is 0. The highest BCUT2D eigenvalue weighted by Gasteiger charge is 2.38. The number of halogens is 1. The normalized spacial score (nSPS) is 16.9. The fourth-order valence-corrected chi connectivity index (χ4v) is 3.03. The molecule has 16 heavy (non-hydrogen) atoms. The van der Waals surface area contributed by atoms with Gasteiger partial charge in [0.1, 0.15) is 5.82 Å². The Kier molecular flexibility index (Phi) is 3.17. The van der Waals surface area contributed by atoms with Crippen LogP contribution < -0.4 is 5.32 Å². The van der Waals surface area contributed by atoms with Crippen molar-refractivity contribution in [2.24, 2.45) is 0 Å². The molecule has 0 amide bonds. The van der Waals surface area contributed by atoms with Crippen molar-refractivity contribution in [2.75, 3.05) is 11.9 Å². The Morgan fingerprint density at radius 2 is 1.94 bits per heavy atom. The van der Waals surface area contributed by atoms with Gasteiger partial charge in [0.2, 0.25) is 0 Å². The molecule has 0 fully saturated rings. The van der Waals surface area contributed by atoms with Crippen molar-refractivity contribution >= 4 is 5.69 Å².